The molecule has 0 fully saturated rings. The fourth-order valence-corrected chi connectivity index (χ4v) is 1.92. The average molecular weight is 297 g/mol. The van der Waals surface area contributed by atoms with E-state index in [1.54, 1.807) is 11.8 Å². The Morgan fingerprint density at radius 1 is 1.47 bits per heavy atom. The van der Waals surface area contributed by atoms with E-state index in [0.29, 0.717) is 12.4 Å². The molecule has 2 aromatic rings. The highest BCUT2D eigenvalue weighted by molar-refractivity contribution is 9.10. The minimum absolute atomic E-state index is 0.361. The largest absolute Gasteiger partial charge is 0.496 e. The van der Waals surface area contributed by atoms with Crippen LogP contribution < -0.4 is 10.5 Å². The number of aryl methyl sites for hydroxylation is 1. The van der Waals surface area contributed by atoms with Gasteiger partial charge in [0.15, 0.2) is 5.82 Å². The third-order valence-electron chi connectivity index (χ3n) is 2.44. The molecule has 2 rings (SSSR count). The van der Waals surface area contributed by atoms with E-state index in [0.717, 1.165) is 21.6 Å². The van der Waals surface area contributed by atoms with Gasteiger partial charge in [0.25, 0.3) is 0 Å². The lowest BCUT2D eigenvalue weighted by Gasteiger charge is -2.05. The summed E-state index contributed by atoms with van der Waals surface area (Å²) in [6.45, 7) is 0.361. The van der Waals surface area contributed by atoms with Crippen LogP contribution in [0.1, 0.15) is 5.82 Å². The van der Waals surface area contributed by atoms with Crippen LogP contribution in [0.4, 0.5) is 0 Å². The fourth-order valence-electron chi connectivity index (χ4n) is 1.56. The third-order valence-corrected chi connectivity index (χ3v) is 2.93. The Morgan fingerprint density at radius 2 is 2.24 bits per heavy atom. The topological polar surface area (TPSA) is 66.0 Å². The number of methoxy groups -OCH3 is 1. The molecule has 0 spiro atoms. The summed E-state index contributed by atoms with van der Waals surface area (Å²) in [7, 11) is 3.45. The Morgan fingerprint density at radius 3 is 2.82 bits per heavy atom. The lowest BCUT2D eigenvalue weighted by Crippen LogP contribution is -2.05. The minimum atomic E-state index is 0.361. The van der Waals surface area contributed by atoms with E-state index < -0.39 is 0 Å². The number of aromatic nitrogens is 3. The van der Waals surface area contributed by atoms with E-state index in [4.69, 9.17) is 10.5 Å². The molecule has 17 heavy (non-hydrogen) atoms. The van der Waals surface area contributed by atoms with Crippen molar-refractivity contribution in [2.75, 3.05) is 7.11 Å². The van der Waals surface area contributed by atoms with Gasteiger partial charge in [-0.2, -0.15) is 5.10 Å². The van der Waals surface area contributed by atoms with Gasteiger partial charge < -0.3 is 10.5 Å². The van der Waals surface area contributed by atoms with E-state index in [2.05, 4.69) is 26.0 Å². The van der Waals surface area contributed by atoms with Crippen molar-refractivity contribution in [1.82, 2.24) is 14.8 Å². The number of ether oxygens (including phenoxy) is 1. The van der Waals surface area contributed by atoms with Crippen LogP contribution in [-0.4, -0.2) is 21.9 Å². The number of benzene rings is 1. The van der Waals surface area contributed by atoms with Gasteiger partial charge in [0.1, 0.15) is 11.6 Å². The van der Waals surface area contributed by atoms with Gasteiger partial charge in [0.05, 0.1) is 19.2 Å². The molecule has 0 atom stereocenters. The summed E-state index contributed by atoms with van der Waals surface area (Å²) < 4.78 is 7.93. The second-order valence-corrected chi connectivity index (χ2v) is 4.44. The summed E-state index contributed by atoms with van der Waals surface area (Å²) >= 11 is 3.42. The molecule has 6 heteroatoms. The van der Waals surface area contributed by atoms with Crippen molar-refractivity contribution in [2.24, 2.45) is 12.8 Å². The number of halogens is 1. The van der Waals surface area contributed by atoms with Crippen LogP contribution in [0.2, 0.25) is 0 Å². The Balaban J connectivity index is 2.54. The smallest absolute Gasteiger partial charge is 0.185 e. The molecular weight excluding hydrogens is 284 g/mol. The zero-order valence-corrected chi connectivity index (χ0v) is 11.2. The van der Waals surface area contributed by atoms with Gasteiger partial charge in [0.2, 0.25) is 0 Å². The first-order valence-corrected chi connectivity index (χ1v) is 5.89. The quantitative estimate of drug-likeness (QED) is 0.936. The second kappa shape index (κ2) is 4.85. The van der Waals surface area contributed by atoms with Crippen LogP contribution in [0.15, 0.2) is 22.7 Å². The predicted molar refractivity (Wildman–Crippen MR) is 68.6 cm³/mol. The highest BCUT2D eigenvalue weighted by Crippen LogP contribution is 2.30. The second-order valence-electron chi connectivity index (χ2n) is 3.52. The predicted octanol–water partition coefficient (Wildman–Crippen LogP) is 1.71. The number of nitrogens with two attached hydrogens (primary N) is 1. The molecule has 0 aliphatic rings. The monoisotopic (exact) mass is 296 g/mol. The first-order chi connectivity index (χ1) is 8.15. The van der Waals surface area contributed by atoms with Crippen LogP contribution in [0.25, 0.3) is 11.4 Å². The maximum atomic E-state index is 5.58. The van der Waals surface area contributed by atoms with E-state index in [-0.39, 0.29) is 0 Å². The Hall–Kier alpha value is -1.40. The molecule has 0 aliphatic carbocycles. The molecule has 0 aliphatic heterocycles. The minimum Gasteiger partial charge on any atom is -0.496 e. The zero-order chi connectivity index (χ0) is 12.4. The number of hydrogen-bond acceptors (Lipinski definition) is 4. The molecule has 1 heterocycles. The summed E-state index contributed by atoms with van der Waals surface area (Å²) in [5.41, 5.74) is 6.42. The van der Waals surface area contributed by atoms with Crippen molar-refractivity contribution in [3.05, 3.63) is 28.5 Å². The van der Waals surface area contributed by atoms with Gasteiger partial charge >= 0.3 is 0 Å². The van der Waals surface area contributed by atoms with Gasteiger partial charge in [-0.15, -0.1) is 0 Å². The first-order valence-electron chi connectivity index (χ1n) is 5.09. The number of rotatable bonds is 3. The van der Waals surface area contributed by atoms with Gasteiger partial charge in [-0.3, -0.25) is 4.68 Å². The molecule has 0 amide bonds. The Bertz CT molecular complexity index is 538. The normalized spacial score (nSPS) is 10.6. The third kappa shape index (κ3) is 2.32. The average Bonchev–Trinajstić information content (AvgIpc) is 2.70. The summed E-state index contributed by atoms with van der Waals surface area (Å²) in [6.07, 6.45) is 0. The summed E-state index contributed by atoms with van der Waals surface area (Å²) in [6, 6.07) is 5.71. The maximum Gasteiger partial charge on any atom is 0.185 e. The van der Waals surface area contributed by atoms with Crippen LogP contribution in [0.3, 0.4) is 0 Å². The molecule has 0 saturated carbocycles. The SMILES string of the molecule is COc1ccc(Br)cc1-c1nc(CN)n(C)n1. The number of nitrogens with zero attached hydrogens (tertiary/aromatic N) is 3. The van der Waals surface area contributed by atoms with Crippen molar-refractivity contribution in [3.63, 3.8) is 0 Å². The van der Waals surface area contributed by atoms with E-state index in [9.17, 15) is 0 Å². The lowest BCUT2D eigenvalue weighted by atomic mass is 10.2. The van der Waals surface area contributed by atoms with Crippen molar-refractivity contribution in [2.45, 2.75) is 6.54 Å². The van der Waals surface area contributed by atoms with Crippen molar-refractivity contribution >= 4 is 15.9 Å². The van der Waals surface area contributed by atoms with Crippen LogP contribution in [-0.2, 0) is 13.6 Å². The van der Waals surface area contributed by atoms with Crippen molar-refractivity contribution in [1.29, 1.82) is 0 Å². The standard InChI is InChI=1S/C11H13BrN4O/c1-16-10(6-13)14-11(15-16)8-5-7(12)3-4-9(8)17-2/h3-5H,6,13H2,1-2H3. The maximum absolute atomic E-state index is 5.58. The van der Waals surface area contributed by atoms with E-state index in [1.165, 1.54) is 0 Å². The number of hydrogen-bond donors (Lipinski definition) is 1. The van der Waals surface area contributed by atoms with Gasteiger partial charge in [-0.25, -0.2) is 4.98 Å². The van der Waals surface area contributed by atoms with Gasteiger partial charge in [-0.05, 0) is 18.2 Å². The molecular formula is C11H13BrN4O. The van der Waals surface area contributed by atoms with Crippen LogP contribution >= 0.6 is 15.9 Å². The van der Waals surface area contributed by atoms with E-state index in [1.807, 2.05) is 25.2 Å². The molecule has 90 valence electrons. The molecule has 1 aromatic carbocycles. The van der Waals surface area contributed by atoms with Crippen LogP contribution in [0, 0.1) is 0 Å². The lowest BCUT2D eigenvalue weighted by molar-refractivity contribution is 0.416. The van der Waals surface area contributed by atoms with Crippen molar-refractivity contribution in [3.8, 4) is 17.1 Å². The van der Waals surface area contributed by atoms with Crippen molar-refractivity contribution < 1.29 is 4.74 Å². The Labute approximate surface area is 108 Å². The van der Waals surface area contributed by atoms with Gasteiger partial charge in [0, 0.05) is 11.5 Å². The molecule has 0 radical (unpaired) electrons. The summed E-state index contributed by atoms with van der Waals surface area (Å²) in [4.78, 5) is 4.37. The molecule has 1 aromatic heterocycles. The fraction of sp³-hybridized carbons (Fsp3) is 0.273. The van der Waals surface area contributed by atoms with Crippen LogP contribution in [0.5, 0.6) is 5.75 Å². The zero-order valence-electron chi connectivity index (χ0n) is 9.64. The van der Waals surface area contributed by atoms with E-state index >= 15 is 0 Å². The summed E-state index contributed by atoms with van der Waals surface area (Å²) in [5, 5.41) is 4.33. The molecule has 0 unspecified atom stereocenters. The Kier molecular flexibility index (Phi) is 3.44. The summed E-state index contributed by atoms with van der Waals surface area (Å²) in [5.74, 6) is 2.09. The first kappa shape index (κ1) is 12.1. The highest BCUT2D eigenvalue weighted by Gasteiger charge is 2.13. The highest BCUT2D eigenvalue weighted by atomic mass is 79.9. The molecule has 5 nitrogen and oxygen atoms in total. The molecule has 0 saturated heterocycles. The molecule has 0 bridgehead atoms. The van der Waals surface area contributed by atoms with Gasteiger partial charge in [-0.1, -0.05) is 15.9 Å². The molecule has 2 N–H and O–H groups in total.